The monoisotopic (exact) mass is 342 g/mol. The molecule has 7 nitrogen and oxygen atoms in total. The Bertz CT molecular complexity index is 598. The first-order valence-corrected chi connectivity index (χ1v) is 6.60. The molecule has 8 heteroatoms. The Labute approximate surface area is 122 Å². The van der Waals surface area contributed by atoms with E-state index in [1.807, 2.05) is 0 Å². The Kier molecular flexibility index (Phi) is 3.76. The van der Waals surface area contributed by atoms with Crippen molar-refractivity contribution in [3.05, 3.63) is 38.3 Å². The summed E-state index contributed by atoms with van der Waals surface area (Å²) in [6.45, 7) is 0.0241. The van der Waals surface area contributed by atoms with Crippen molar-refractivity contribution < 1.29 is 19.6 Å². The lowest BCUT2D eigenvalue weighted by Gasteiger charge is -2.11. The van der Waals surface area contributed by atoms with Gasteiger partial charge in [-0.3, -0.25) is 19.7 Å². The van der Waals surface area contributed by atoms with E-state index in [0.29, 0.717) is 17.3 Å². The number of non-ortho nitro benzene ring substituents is 1. The van der Waals surface area contributed by atoms with E-state index in [9.17, 15) is 19.7 Å². The molecular weight excluding hydrogens is 332 g/mol. The maximum atomic E-state index is 12.0. The van der Waals surface area contributed by atoms with E-state index >= 15 is 0 Å². The van der Waals surface area contributed by atoms with Crippen LogP contribution in [0, 0.1) is 15.5 Å². The van der Waals surface area contributed by atoms with Crippen molar-refractivity contribution in [3.8, 4) is 0 Å². The van der Waals surface area contributed by atoms with Gasteiger partial charge in [-0.1, -0.05) is 0 Å². The molecule has 1 saturated carbocycles. The SMILES string of the molecule is O=C(NCC1(C(=O)O)CC1)c1cc([N+](=O)[O-])ccc1Br. The number of rotatable bonds is 5. The molecule has 1 aromatic rings. The van der Waals surface area contributed by atoms with Crippen LogP contribution in [0.1, 0.15) is 23.2 Å². The second-order valence-corrected chi connectivity index (χ2v) is 5.54. The zero-order chi connectivity index (χ0) is 14.9. The predicted molar refractivity (Wildman–Crippen MR) is 72.4 cm³/mol. The van der Waals surface area contributed by atoms with Crippen molar-refractivity contribution in [1.82, 2.24) is 5.32 Å². The van der Waals surface area contributed by atoms with Gasteiger partial charge >= 0.3 is 5.97 Å². The van der Waals surface area contributed by atoms with E-state index in [1.165, 1.54) is 12.1 Å². The van der Waals surface area contributed by atoms with Gasteiger partial charge in [-0.25, -0.2) is 0 Å². The molecule has 0 spiro atoms. The van der Waals surface area contributed by atoms with Gasteiger partial charge in [-0.15, -0.1) is 0 Å². The lowest BCUT2D eigenvalue weighted by Crippen LogP contribution is -2.34. The van der Waals surface area contributed by atoms with Crippen LogP contribution in [0.3, 0.4) is 0 Å². The molecule has 0 aromatic heterocycles. The van der Waals surface area contributed by atoms with Gasteiger partial charge in [0.25, 0.3) is 11.6 Å². The summed E-state index contributed by atoms with van der Waals surface area (Å²) in [6.07, 6.45) is 1.05. The first-order chi connectivity index (χ1) is 9.35. The molecular formula is C12H11BrN2O5. The lowest BCUT2D eigenvalue weighted by atomic mass is 10.1. The molecule has 0 bridgehead atoms. The molecule has 0 radical (unpaired) electrons. The minimum absolute atomic E-state index is 0.0241. The molecule has 20 heavy (non-hydrogen) atoms. The van der Waals surface area contributed by atoms with Gasteiger partial charge in [0, 0.05) is 23.2 Å². The van der Waals surface area contributed by atoms with Gasteiger partial charge in [0.15, 0.2) is 0 Å². The van der Waals surface area contributed by atoms with Crippen LogP contribution in [0.25, 0.3) is 0 Å². The number of nitro benzene ring substituents is 1. The zero-order valence-electron chi connectivity index (χ0n) is 10.3. The molecule has 0 saturated heterocycles. The summed E-state index contributed by atoms with van der Waals surface area (Å²) in [4.78, 5) is 33.1. The summed E-state index contributed by atoms with van der Waals surface area (Å²) in [5.74, 6) is -1.47. The Morgan fingerprint density at radius 1 is 1.45 bits per heavy atom. The molecule has 1 aromatic carbocycles. The van der Waals surface area contributed by atoms with Crippen molar-refractivity contribution in [2.45, 2.75) is 12.8 Å². The molecule has 0 heterocycles. The Balaban J connectivity index is 2.11. The first kappa shape index (κ1) is 14.4. The van der Waals surface area contributed by atoms with Gasteiger partial charge in [0.2, 0.25) is 0 Å². The van der Waals surface area contributed by atoms with Crippen LogP contribution in [0.5, 0.6) is 0 Å². The second kappa shape index (κ2) is 5.20. The number of hydrogen-bond donors (Lipinski definition) is 2. The predicted octanol–water partition coefficient (Wildman–Crippen LogP) is 1.95. The highest BCUT2D eigenvalue weighted by Gasteiger charge is 2.50. The standard InChI is InChI=1S/C12H11BrN2O5/c13-9-2-1-7(15(19)20)5-8(9)10(16)14-6-12(3-4-12)11(17)18/h1-2,5H,3-4,6H2,(H,14,16)(H,17,18). The third-order valence-electron chi connectivity index (χ3n) is 3.30. The Morgan fingerprint density at radius 2 is 2.10 bits per heavy atom. The minimum Gasteiger partial charge on any atom is -0.481 e. The highest BCUT2D eigenvalue weighted by molar-refractivity contribution is 9.10. The zero-order valence-corrected chi connectivity index (χ0v) is 11.8. The number of aliphatic carboxylic acids is 1. The van der Waals surface area contributed by atoms with Gasteiger partial charge in [0.05, 0.1) is 15.9 Å². The maximum Gasteiger partial charge on any atom is 0.311 e. The molecule has 0 atom stereocenters. The molecule has 1 aliphatic carbocycles. The van der Waals surface area contributed by atoms with Gasteiger partial charge in [0.1, 0.15) is 0 Å². The molecule has 1 fully saturated rings. The number of nitrogens with one attached hydrogen (secondary N) is 1. The largest absolute Gasteiger partial charge is 0.481 e. The highest BCUT2D eigenvalue weighted by Crippen LogP contribution is 2.45. The van der Waals surface area contributed by atoms with Crippen LogP contribution < -0.4 is 5.32 Å². The molecule has 106 valence electrons. The molecule has 2 N–H and O–H groups in total. The molecule has 0 unspecified atom stereocenters. The van der Waals surface area contributed by atoms with E-state index in [1.54, 1.807) is 0 Å². The topological polar surface area (TPSA) is 110 Å². The third-order valence-corrected chi connectivity index (χ3v) is 3.99. The summed E-state index contributed by atoms with van der Waals surface area (Å²) < 4.78 is 0.417. The van der Waals surface area contributed by atoms with Crippen LogP contribution in [-0.2, 0) is 4.79 Å². The van der Waals surface area contributed by atoms with E-state index < -0.39 is 22.2 Å². The number of hydrogen-bond acceptors (Lipinski definition) is 4. The summed E-state index contributed by atoms with van der Waals surface area (Å²) in [5.41, 5.74) is -0.957. The molecule has 1 aliphatic rings. The van der Waals surface area contributed by atoms with Crippen molar-refractivity contribution in [2.75, 3.05) is 6.54 Å². The van der Waals surface area contributed by atoms with Crippen molar-refractivity contribution >= 4 is 33.5 Å². The average Bonchev–Trinajstić information content (AvgIpc) is 3.17. The first-order valence-electron chi connectivity index (χ1n) is 5.81. The smallest absolute Gasteiger partial charge is 0.311 e. The Hall–Kier alpha value is -1.96. The lowest BCUT2D eigenvalue weighted by molar-refractivity contribution is -0.384. The number of amides is 1. The number of carbonyl (C=O) groups is 2. The fourth-order valence-electron chi connectivity index (χ4n) is 1.76. The number of benzene rings is 1. The quantitative estimate of drug-likeness (QED) is 0.627. The van der Waals surface area contributed by atoms with Crippen LogP contribution in [0.15, 0.2) is 22.7 Å². The summed E-state index contributed by atoms with van der Waals surface area (Å²) in [5, 5.41) is 22.2. The molecule has 2 rings (SSSR count). The third kappa shape index (κ3) is 2.79. The van der Waals surface area contributed by atoms with Crippen LogP contribution in [-0.4, -0.2) is 28.5 Å². The van der Waals surface area contributed by atoms with Crippen molar-refractivity contribution in [3.63, 3.8) is 0 Å². The fourth-order valence-corrected chi connectivity index (χ4v) is 2.19. The second-order valence-electron chi connectivity index (χ2n) is 4.69. The average molecular weight is 343 g/mol. The number of carboxylic acids is 1. The van der Waals surface area contributed by atoms with E-state index in [4.69, 9.17) is 5.11 Å². The Morgan fingerprint density at radius 3 is 2.60 bits per heavy atom. The van der Waals surface area contributed by atoms with Crippen LogP contribution in [0.2, 0.25) is 0 Å². The van der Waals surface area contributed by atoms with E-state index in [-0.39, 0.29) is 17.8 Å². The van der Waals surface area contributed by atoms with Crippen LogP contribution >= 0.6 is 15.9 Å². The van der Waals surface area contributed by atoms with Crippen LogP contribution in [0.4, 0.5) is 5.69 Å². The number of carboxylic acid groups (broad SMARTS) is 1. The number of carbonyl (C=O) groups excluding carboxylic acids is 1. The highest BCUT2D eigenvalue weighted by atomic mass is 79.9. The summed E-state index contributed by atoms with van der Waals surface area (Å²) >= 11 is 3.15. The van der Waals surface area contributed by atoms with Crippen molar-refractivity contribution in [1.29, 1.82) is 0 Å². The molecule has 1 amide bonds. The van der Waals surface area contributed by atoms with Crippen molar-refractivity contribution in [2.24, 2.45) is 5.41 Å². The van der Waals surface area contributed by atoms with Gasteiger partial charge in [-0.05, 0) is 34.8 Å². The van der Waals surface area contributed by atoms with E-state index in [0.717, 1.165) is 6.07 Å². The number of halogens is 1. The maximum absolute atomic E-state index is 12.0. The molecule has 0 aliphatic heterocycles. The van der Waals surface area contributed by atoms with Gasteiger partial charge in [-0.2, -0.15) is 0 Å². The fraction of sp³-hybridized carbons (Fsp3) is 0.333. The summed E-state index contributed by atoms with van der Waals surface area (Å²) in [7, 11) is 0. The normalized spacial score (nSPS) is 15.4. The number of nitro groups is 1. The number of nitrogens with zero attached hydrogens (tertiary/aromatic N) is 1. The summed E-state index contributed by atoms with van der Waals surface area (Å²) in [6, 6.07) is 3.84. The van der Waals surface area contributed by atoms with E-state index in [2.05, 4.69) is 21.2 Å². The van der Waals surface area contributed by atoms with Gasteiger partial charge < -0.3 is 10.4 Å². The minimum atomic E-state index is -0.934.